The molecule has 1 nitrogen and oxygen atoms in total. The smallest absolute Gasteiger partial charge is 0.153 e. The van der Waals surface area contributed by atoms with Gasteiger partial charge in [0.2, 0.25) is 0 Å². The molecular formula is C7H8O. The first-order valence-corrected chi connectivity index (χ1v) is 2.36. The van der Waals surface area contributed by atoms with E-state index < -0.39 is 0 Å². The molecule has 0 rings (SSSR count). The fourth-order valence-electron chi connectivity index (χ4n) is 0.242. The van der Waals surface area contributed by atoms with Crippen LogP contribution in [0.5, 0.6) is 0 Å². The Hall–Kier alpha value is -1.03. The van der Waals surface area contributed by atoms with E-state index in [9.17, 15) is 4.79 Å². The Morgan fingerprint density at radius 3 is 2.62 bits per heavy atom. The molecule has 0 saturated carbocycles. The monoisotopic (exact) mass is 108 g/mol. The third-order valence-electron chi connectivity index (χ3n) is 0.546. The Bertz CT molecular complexity index is 155. The second-order valence-electron chi connectivity index (χ2n) is 1.34. The van der Waals surface area contributed by atoms with Crippen molar-refractivity contribution in [2.45, 2.75) is 13.8 Å². The van der Waals surface area contributed by atoms with E-state index >= 15 is 0 Å². The van der Waals surface area contributed by atoms with Crippen LogP contribution in [-0.2, 0) is 4.79 Å². The number of carbonyl (C=O) groups is 1. The first-order valence-electron chi connectivity index (χ1n) is 2.36. The van der Waals surface area contributed by atoms with Gasteiger partial charge in [0.05, 0.1) is 0 Å². The molecule has 0 amide bonds. The van der Waals surface area contributed by atoms with E-state index in [-0.39, 0.29) is 5.78 Å². The van der Waals surface area contributed by atoms with Crippen LogP contribution in [0.3, 0.4) is 0 Å². The Balaban J connectivity index is 3.61. The van der Waals surface area contributed by atoms with Crippen molar-refractivity contribution in [2.75, 3.05) is 0 Å². The average molecular weight is 108 g/mol. The standard InChI is InChI=1S/C7H8O/c1-3-4-5-6-7(2)8/h5-6H,1-2H3/b6-5+. The summed E-state index contributed by atoms with van der Waals surface area (Å²) in [5.74, 6) is 5.30. The van der Waals surface area contributed by atoms with Crippen molar-refractivity contribution in [2.24, 2.45) is 0 Å². The highest BCUT2D eigenvalue weighted by Gasteiger charge is 1.74. The van der Waals surface area contributed by atoms with E-state index in [1.165, 1.54) is 13.0 Å². The van der Waals surface area contributed by atoms with Crippen LogP contribution < -0.4 is 0 Å². The van der Waals surface area contributed by atoms with Crippen LogP contribution in [0.25, 0.3) is 0 Å². The molecule has 0 spiro atoms. The van der Waals surface area contributed by atoms with Gasteiger partial charge < -0.3 is 0 Å². The molecule has 1 heteroatoms. The van der Waals surface area contributed by atoms with Gasteiger partial charge in [0.25, 0.3) is 0 Å². The van der Waals surface area contributed by atoms with E-state index in [0.29, 0.717) is 0 Å². The van der Waals surface area contributed by atoms with Crippen LogP contribution in [0.2, 0.25) is 0 Å². The van der Waals surface area contributed by atoms with Gasteiger partial charge in [0.15, 0.2) is 5.78 Å². The molecule has 42 valence electrons. The van der Waals surface area contributed by atoms with E-state index in [2.05, 4.69) is 11.8 Å². The first-order chi connectivity index (χ1) is 3.77. The fraction of sp³-hybridized carbons (Fsp3) is 0.286. The van der Waals surface area contributed by atoms with Gasteiger partial charge in [0, 0.05) is 0 Å². The quantitative estimate of drug-likeness (QED) is 0.364. The predicted molar refractivity (Wildman–Crippen MR) is 33.3 cm³/mol. The number of ketones is 1. The summed E-state index contributed by atoms with van der Waals surface area (Å²) in [4.78, 5) is 10.2. The molecule has 0 bridgehead atoms. The highest BCUT2D eigenvalue weighted by Crippen LogP contribution is 1.70. The summed E-state index contributed by atoms with van der Waals surface area (Å²) in [6.07, 6.45) is 2.98. The molecule has 0 unspecified atom stereocenters. The Kier molecular flexibility index (Phi) is 3.60. The first kappa shape index (κ1) is 6.97. The maximum Gasteiger partial charge on any atom is 0.153 e. The van der Waals surface area contributed by atoms with Crippen molar-refractivity contribution in [3.63, 3.8) is 0 Å². The van der Waals surface area contributed by atoms with Crippen molar-refractivity contribution < 1.29 is 4.79 Å². The van der Waals surface area contributed by atoms with Crippen molar-refractivity contribution in [3.05, 3.63) is 12.2 Å². The SMILES string of the molecule is CC#C/C=C/C(C)=O. The molecule has 0 aromatic heterocycles. The molecule has 8 heavy (non-hydrogen) atoms. The Morgan fingerprint density at radius 1 is 1.62 bits per heavy atom. The zero-order valence-electron chi connectivity index (χ0n) is 5.06. The van der Waals surface area contributed by atoms with Gasteiger partial charge >= 0.3 is 0 Å². The molecule has 0 N–H and O–H groups in total. The molecule has 0 heterocycles. The predicted octanol–water partition coefficient (Wildman–Crippen LogP) is 1.15. The molecule has 0 saturated heterocycles. The van der Waals surface area contributed by atoms with Gasteiger partial charge in [-0.05, 0) is 26.0 Å². The summed E-state index contributed by atoms with van der Waals surface area (Å²) in [7, 11) is 0. The molecule has 0 atom stereocenters. The fourth-order valence-corrected chi connectivity index (χ4v) is 0.242. The molecule has 0 aliphatic rings. The highest BCUT2D eigenvalue weighted by atomic mass is 16.1. The van der Waals surface area contributed by atoms with Gasteiger partial charge in [-0.15, -0.1) is 5.92 Å². The van der Waals surface area contributed by atoms with Crippen LogP contribution in [0.4, 0.5) is 0 Å². The van der Waals surface area contributed by atoms with Crippen LogP contribution in [0.15, 0.2) is 12.2 Å². The van der Waals surface area contributed by atoms with E-state index in [0.717, 1.165) is 0 Å². The minimum atomic E-state index is 0.0350. The summed E-state index contributed by atoms with van der Waals surface area (Å²) in [5.41, 5.74) is 0. The lowest BCUT2D eigenvalue weighted by atomic mass is 10.4. The molecule has 0 aliphatic carbocycles. The highest BCUT2D eigenvalue weighted by molar-refractivity contribution is 5.87. The lowest BCUT2D eigenvalue weighted by Gasteiger charge is -1.69. The van der Waals surface area contributed by atoms with Crippen LogP contribution in [0, 0.1) is 11.8 Å². The third kappa shape index (κ3) is 4.97. The summed E-state index contributed by atoms with van der Waals surface area (Å²) in [5, 5.41) is 0. The maximum atomic E-state index is 10.2. The minimum Gasteiger partial charge on any atom is -0.295 e. The minimum absolute atomic E-state index is 0.0350. The third-order valence-corrected chi connectivity index (χ3v) is 0.546. The summed E-state index contributed by atoms with van der Waals surface area (Å²) in [6.45, 7) is 3.22. The van der Waals surface area contributed by atoms with Crippen LogP contribution in [-0.4, -0.2) is 5.78 Å². The summed E-state index contributed by atoms with van der Waals surface area (Å²) < 4.78 is 0. The van der Waals surface area contributed by atoms with Crippen molar-refractivity contribution in [1.82, 2.24) is 0 Å². The lowest BCUT2D eigenvalue weighted by molar-refractivity contribution is -0.112. The molecule has 0 aliphatic heterocycles. The van der Waals surface area contributed by atoms with Gasteiger partial charge in [-0.1, -0.05) is 5.92 Å². The lowest BCUT2D eigenvalue weighted by Crippen LogP contribution is -1.77. The van der Waals surface area contributed by atoms with E-state index in [4.69, 9.17) is 0 Å². The number of carbonyl (C=O) groups excluding carboxylic acids is 1. The normalized spacial score (nSPS) is 8.25. The zero-order chi connectivity index (χ0) is 6.41. The average Bonchev–Trinajstić information content (AvgIpc) is 1.66. The van der Waals surface area contributed by atoms with E-state index in [1.54, 1.807) is 13.0 Å². The zero-order valence-corrected chi connectivity index (χ0v) is 5.06. The van der Waals surface area contributed by atoms with Crippen LogP contribution >= 0.6 is 0 Å². The Morgan fingerprint density at radius 2 is 2.25 bits per heavy atom. The van der Waals surface area contributed by atoms with Gasteiger partial charge in [-0.25, -0.2) is 0 Å². The second kappa shape index (κ2) is 4.14. The Labute approximate surface area is 49.4 Å². The summed E-state index contributed by atoms with van der Waals surface area (Å²) in [6, 6.07) is 0. The number of hydrogen-bond acceptors (Lipinski definition) is 1. The molecule has 0 aromatic rings. The maximum absolute atomic E-state index is 10.2. The number of allylic oxidation sites excluding steroid dienone is 2. The molecule has 0 radical (unpaired) electrons. The number of rotatable bonds is 1. The largest absolute Gasteiger partial charge is 0.295 e. The second-order valence-corrected chi connectivity index (χ2v) is 1.34. The van der Waals surface area contributed by atoms with Crippen molar-refractivity contribution >= 4 is 5.78 Å². The summed E-state index contributed by atoms with van der Waals surface area (Å²) >= 11 is 0. The molecule has 0 aromatic carbocycles. The van der Waals surface area contributed by atoms with Gasteiger partial charge in [-0.2, -0.15) is 0 Å². The number of hydrogen-bond donors (Lipinski definition) is 0. The van der Waals surface area contributed by atoms with Crippen LogP contribution in [0.1, 0.15) is 13.8 Å². The van der Waals surface area contributed by atoms with Gasteiger partial charge in [0.1, 0.15) is 0 Å². The molecular weight excluding hydrogens is 100 g/mol. The van der Waals surface area contributed by atoms with Gasteiger partial charge in [-0.3, -0.25) is 4.79 Å². The van der Waals surface area contributed by atoms with E-state index in [1.807, 2.05) is 0 Å². The van der Waals surface area contributed by atoms with Crippen molar-refractivity contribution in [3.8, 4) is 11.8 Å². The topological polar surface area (TPSA) is 17.1 Å². The van der Waals surface area contributed by atoms with Crippen molar-refractivity contribution in [1.29, 1.82) is 0 Å². The molecule has 0 fully saturated rings.